The lowest BCUT2D eigenvalue weighted by atomic mass is 10.1. The molecule has 0 saturated heterocycles. The first kappa shape index (κ1) is 18.7. The minimum absolute atomic E-state index is 0.588. The van der Waals surface area contributed by atoms with Crippen LogP contribution in [0.2, 0.25) is 0 Å². The summed E-state index contributed by atoms with van der Waals surface area (Å²) < 4.78 is 10.7. The number of hydrogen-bond donors (Lipinski definition) is 1. The molecule has 146 valence electrons. The van der Waals surface area contributed by atoms with E-state index < -0.39 is 0 Å². The van der Waals surface area contributed by atoms with Crippen LogP contribution in [-0.4, -0.2) is 35.6 Å². The highest BCUT2D eigenvalue weighted by molar-refractivity contribution is 7.11. The van der Waals surface area contributed by atoms with Crippen LogP contribution in [0.3, 0.4) is 0 Å². The number of fused-ring (bicyclic) bond motifs is 1. The van der Waals surface area contributed by atoms with Crippen molar-refractivity contribution in [1.29, 1.82) is 0 Å². The van der Waals surface area contributed by atoms with Gasteiger partial charge in [0.2, 0.25) is 5.95 Å². The Labute approximate surface area is 169 Å². The lowest BCUT2D eigenvalue weighted by Crippen LogP contribution is -2.30. The number of thiophene rings is 1. The molecule has 1 aliphatic heterocycles. The molecular formula is C21H24N4O2S. The fourth-order valence-electron chi connectivity index (χ4n) is 3.38. The molecule has 3 heterocycles. The van der Waals surface area contributed by atoms with E-state index in [-0.39, 0.29) is 0 Å². The van der Waals surface area contributed by atoms with Crippen molar-refractivity contribution in [2.45, 2.75) is 26.4 Å². The van der Waals surface area contributed by atoms with Crippen LogP contribution in [0.5, 0.6) is 11.5 Å². The normalized spacial score (nSPS) is 13.8. The van der Waals surface area contributed by atoms with Gasteiger partial charge in [0.1, 0.15) is 11.5 Å². The lowest BCUT2D eigenvalue weighted by molar-refractivity contribution is 0.245. The maximum absolute atomic E-state index is 5.44. The number of nitrogens with zero attached hydrogens (tertiary/aromatic N) is 3. The van der Waals surface area contributed by atoms with Gasteiger partial charge in [0.25, 0.3) is 0 Å². The van der Waals surface area contributed by atoms with Crippen molar-refractivity contribution in [1.82, 2.24) is 14.9 Å². The maximum atomic E-state index is 5.44. The number of aromatic nitrogens is 2. The molecule has 0 spiro atoms. The number of hydrogen-bond acceptors (Lipinski definition) is 7. The van der Waals surface area contributed by atoms with E-state index in [1.165, 1.54) is 15.3 Å². The van der Waals surface area contributed by atoms with Crippen LogP contribution in [0.15, 0.2) is 36.5 Å². The van der Waals surface area contributed by atoms with Crippen molar-refractivity contribution in [2.75, 3.05) is 26.1 Å². The van der Waals surface area contributed by atoms with Gasteiger partial charge in [-0.3, -0.25) is 4.90 Å². The maximum Gasteiger partial charge on any atom is 0.227 e. The zero-order valence-electron chi connectivity index (χ0n) is 16.4. The van der Waals surface area contributed by atoms with Crippen LogP contribution in [0, 0.1) is 6.92 Å². The summed E-state index contributed by atoms with van der Waals surface area (Å²) in [5.41, 5.74) is 3.13. The lowest BCUT2D eigenvalue weighted by Gasteiger charge is -2.27. The monoisotopic (exact) mass is 396 g/mol. The summed E-state index contributed by atoms with van der Waals surface area (Å²) in [7, 11) is 3.27. The van der Waals surface area contributed by atoms with Crippen molar-refractivity contribution in [3.8, 4) is 11.5 Å². The molecule has 7 heteroatoms. The van der Waals surface area contributed by atoms with Crippen LogP contribution in [0.1, 0.15) is 21.0 Å². The third-order valence-electron chi connectivity index (χ3n) is 4.84. The van der Waals surface area contributed by atoms with Gasteiger partial charge in [-0.15, -0.1) is 11.3 Å². The Kier molecular flexibility index (Phi) is 5.45. The van der Waals surface area contributed by atoms with Gasteiger partial charge in [-0.2, -0.15) is 0 Å². The smallest absolute Gasteiger partial charge is 0.227 e. The Balaban J connectivity index is 1.47. The predicted octanol–water partition coefficient (Wildman–Crippen LogP) is 4.17. The van der Waals surface area contributed by atoms with Crippen LogP contribution in [0.4, 0.5) is 11.6 Å². The number of aryl methyl sites for hydroxylation is 1. The second kappa shape index (κ2) is 8.16. The van der Waals surface area contributed by atoms with E-state index in [2.05, 4.69) is 34.3 Å². The zero-order chi connectivity index (χ0) is 19.5. The van der Waals surface area contributed by atoms with Gasteiger partial charge in [0.05, 0.1) is 25.6 Å². The molecule has 28 heavy (non-hydrogen) atoms. The zero-order valence-corrected chi connectivity index (χ0v) is 17.2. The van der Waals surface area contributed by atoms with Gasteiger partial charge < -0.3 is 14.8 Å². The minimum atomic E-state index is 0.588. The number of rotatable bonds is 6. The molecule has 0 amide bonds. The number of ether oxygens (including phenoxy) is 2. The molecule has 0 radical (unpaired) electrons. The van der Waals surface area contributed by atoms with Gasteiger partial charge in [-0.05, 0) is 31.2 Å². The summed E-state index contributed by atoms with van der Waals surface area (Å²) in [4.78, 5) is 14.5. The van der Waals surface area contributed by atoms with Crippen LogP contribution in [0.25, 0.3) is 0 Å². The minimum Gasteiger partial charge on any atom is -0.497 e. The molecule has 0 saturated carbocycles. The third-order valence-corrected chi connectivity index (χ3v) is 5.83. The molecule has 0 fully saturated rings. The Morgan fingerprint density at radius 3 is 2.82 bits per heavy atom. The Bertz CT molecular complexity index is 973. The summed E-state index contributed by atoms with van der Waals surface area (Å²) in [5, 5.41) is 3.26. The molecule has 0 aliphatic carbocycles. The van der Waals surface area contributed by atoms with Crippen LogP contribution < -0.4 is 14.8 Å². The highest BCUT2D eigenvalue weighted by Crippen LogP contribution is 2.31. The Morgan fingerprint density at radius 1 is 1.18 bits per heavy atom. The number of anilines is 2. The summed E-state index contributed by atoms with van der Waals surface area (Å²) in [6.07, 6.45) is 2.86. The summed E-state index contributed by atoms with van der Waals surface area (Å²) in [6, 6.07) is 10.0. The molecule has 3 aromatic rings. The predicted molar refractivity (Wildman–Crippen MR) is 112 cm³/mol. The van der Waals surface area contributed by atoms with Crippen molar-refractivity contribution in [3.63, 3.8) is 0 Å². The summed E-state index contributed by atoms with van der Waals surface area (Å²) >= 11 is 1.87. The average Bonchev–Trinajstić information content (AvgIpc) is 3.13. The quantitative estimate of drug-likeness (QED) is 0.675. The van der Waals surface area contributed by atoms with E-state index in [1.54, 1.807) is 14.2 Å². The molecule has 0 bridgehead atoms. The van der Waals surface area contributed by atoms with Crippen molar-refractivity contribution >= 4 is 23.0 Å². The number of nitrogens with one attached hydrogen (secondary N) is 1. The third kappa shape index (κ3) is 4.10. The van der Waals surface area contributed by atoms with Crippen LogP contribution in [-0.2, 0) is 19.5 Å². The van der Waals surface area contributed by atoms with E-state index in [4.69, 9.17) is 14.5 Å². The van der Waals surface area contributed by atoms with Gasteiger partial charge in [-0.25, -0.2) is 9.97 Å². The van der Waals surface area contributed by atoms with Gasteiger partial charge in [0, 0.05) is 53.6 Å². The molecule has 1 aliphatic rings. The second-order valence-corrected chi connectivity index (χ2v) is 8.20. The van der Waals surface area contributed by atoms with E-state index >= 15 is 0 Å². The standard InChI is InChI=1S/C21H24N4O2S/c1-14-4-6-17(28-14)13-25-9-8-18-15(12-25)11-22-21(23-18)24-19-7-5-16(26-2)10-20(19)27-3/h4-7,10-11H,8-9,12-13H2,1-3H3,(H,22,23,24). The van der Waals surface area contributed by atoms with E-state index in [9.17, 15) is 0 Å². The molecule has 4 rings (SSSR count). The molecule has 1 aromatic carbocycles. The topological polar surface area (TPSA) is 59.5 Å². The van der Waals surface area contributed by atoms with Gasteiger partial charge >= 0.3 is 0 Å². The highest BCUT2D eigenvalue weighted by Gasteiger charge is 2.19. The van der Waals surface area contributed by atoms with E-state index in [0.29, 0.717) is 11.7 Å². The second-order valence-electron chi connectivity index (χ2n) is 6.83. The van der Waals surface area contributed by atoms with Gasteiger partial charge in [0.15, 0.2) is 0 Å². The first-order valence-corrected chi connectivity index (χ1v) is 10.1. The molecule has 1 N–H and O–H groups in total. The van der Waals surface area contributed by atoms with E-state index in [1.807, 2.05) is 35.7 Å². The number of methoxy groups -OCH3 is 2. The fraction of sp³-hybridized carbons (Fsp3) is 0.333. The SMILES string of the molecule is COc1ccc(Nc2ncc3c(n2)CCN(Cc2ccc(C)s2)C3)c(OC)c1. The van der Waals surface area contributed by atoms with Gasteiger partial charge in [-0.1, -0.05) is 0 Å². The van der Waals surface area contributed by atoms with Crippen molar-refractivity contribution in [2.24, 2.45) is 0 Å². The fourth-order valence-corrected chi connectivity index (χ4v) is 4.32. The molecule has 2 aromatic heterocycles. The Hall–Kier alpha value is -2.64. The molecule has 0 unspecified atom stereocenters. The van der Waals surface area contributed by atoms with Crippen LogP contribution >= 0.6 is 11.3 Å². The van der Waals surface area contributed by atoms with Crippen molar-refractivity contribution < 1.29 is 9.47 Å². The summed E-state index contributed by atoms with van der Waals surface area (Å²) in [6.45, 7) is 5.03. The average molecular weight is 397 g/mol. The highest BCUT2D eigenvalue weighted by atomic mass is 32.1. The molecule has 6 nitrogen and oxygen atoms in total. The Morgan fingerprint density at radius 2 is 2.07 bits per heavy atom. The summed E-state index contributed by atoms with van der Waals surface area (Å²) in [5.74, 6) is 2.03. The first-order chi connectivity index (χ1) is 13.6. The number of benzene rings is 1. The largest absolute Gasteiger partial charge is 0.497 e. The van der Waals surface area contributed by atoms with Crippen molar-refractivity contribution in [3.05, 3.63) is 57.5 Å². The molecular weight excluding hydrogens is 372 g/mol. The molecule has 0 atom stereocenters. The first-order valence-electron chi connectivity index (χ1n) is 9.26. The van der Waals surface area contributed by atoms with E-state index in [0.717, 1.165) is 43.2 Å².